The Morgan fingerprint density at radius 2 is 2.03 bits per heavy atom. The molecule has 2 aromatic heterocycles. The number of ether oxygens (including phenoxy) is 1. The first-order chi connectivity index (χ1) is 15.0. The number of aromatic carboxylic acids is 1. The molecule has 1 fully saturated rings. The largest absolute Gasteiger partial charge is 0.477 e. The second kappa shape index (κ2) is 8.72. The maximum absolute atomic E-state index is 11.5. The van der Waals surface area contributed by atoms with Crippen LogP contribution < -0.4 is 9.75 Å². The molecule has 8 heteroatoms. The molecule has 1 aliphatic carbocycles. The minimum absolute atomic E-state index is 0.0396. The highest BCUT2D eigenvalue weighted by atomic mass is 16.5. The molecule has 1 aliphatic heterocycles. The Kier molecular flexibility index (Phi) is 5.85. The molecule has 2 aliphatic rings. The molecule has 4 rings (SSSR count). The quantitative estimate of drug-likeness (QED) is 0.755. The van der Waals surface area contributed by atoms with Gasteiger partial charge in [0.1, 0.15) is 17.5 Å². The fourth-order valence-electron chi connectivity index (χ4n) is 4.42. The molecular formula is C23H25N5O3. The molecule has 0 radical (unpaired) electrons. The molecule has 0 aromatic carbocycles. The van der Waals surface area contributed by atoms with Gasteiger partial charge in [0, 0.05) is 6.42 Å². The third kappa shape index (κ3) is 4.08. The molecule has 1 atom stereocenters. The van der Waals surface area contributed by atoms with Crippen molar-refractivity contribution in [3.05, 3.63) is 46.8 Å². The molecule has 0 spiro atoms. The first-order valence-electron chi connectivity index (χ1n) is 10.6. The number of nitrogens with zero attached hydrogens (tertiary/aromatic N) is 5. The Balaban J connectivity index is 1.72. The van der Waals surface area contributed by atoms with Crippen LogP contribution >= 0.6 is 0 Å². The molecule has 8 nitrogen and oxygen atoms in total. The van der Waals surface area contributed by atoms with E-state index < -0.39 is 5.97 Å². The number of hydrazone groups is 1. The number of nitriles is 1. The van der Waals surface area contributed by atoms with Crippen molar-refractivity contribution in [2.45, 2.75) is 52.0 Å². The maximum atomic E-state index is 11.5. The number of aromatic nitrogens is 2. The van der Waals surface area contributed by atoms with Crippen molar-refractivity contribution in [2.24, 2.45) is 11.0 Å². The van der Waals surface area contributed by atoms with E-state index in [0.717, 1.165) is 24.4 Å². The van der Waals surface area contributed by atoms with Crippen LogP contribution in [0.15, 0.2) is 29.4 Å². The van der Waals surface area contributed by atoms with Gasteiger partial charge in [0.05, 0.1) is 35.3 Å². The first-order valence-corrected chi connectivity index (χ1v) is 10.6. The predicted molar refractivity (Wildman–Crippen MR) is 115 cm³/mol. The van der Waals surface area contributed by atoms with Gasteiger partial charge in [-0.1, -0.05) is 12.8 Å². The molecule has 160 valence electrons. The van der Waals surface area contributed by atoms with E-state index in [4.69, 9.17) is 9.84 Å². The van der Waals surface area contributed by atoms with E-state index in [1.807, 2.05) is 18.0 Å². The van der Waals surface area contributed by atoms with Crippen molar-refractivity contribution in [1.82, 2.24) is 9.97 Å². The smallest absolute Gasteiger partial charge is 0.341 e. The summed E-state index contributed by atoms with van der Waals surface area (Å²) >= 11 is 0. The monoisotopic (exact) mass is 419 g/mol. The summed E-state index contributed by atoms with van der Waals surface area (Å²) in [5, 5.41) is 25.5. The number of rotatable bonds is 6. The maximum Gasteiger partial charge on any atom is 0.341 e. The molecule has 31 heavy (non-hydrogen) atoms. The summed E-state index contributed by atoms with van der Waals surface area (Å²) in [5.74, 6) is 0.260. The van der Waals surface area contributed by atoms with E-state index in [0.29, 0.717) is 35.9 Å². The average molecular weight is 419 g/mol. The summed E-state index contributed by atoms with van der Waals surface area (Å²) in [7, 11) is 0. The lowest BCUT2D eigenvalue weighted by Gasteiger charge is -2.27. The highest BCUT2D eigenvalue weighted by Crippen LogP contribution is 2.38. The number of hydrogen-bond donors (Lipinski definition) is 1. The third-order valence-electron chi connectivity index (χ3n) is 5.98. The van der Waals surface area contributed by atoms with E-state index in [1.165, 1.54) is 18.9 Å². The van der Waals surface area contributed by atoms with Gasteiger partial charge in [0.25, 0.3) is 0 Å². The van der Waals surface area contributed by atoms with Crippen LogP contribution in [0.4, 0.5) is 5.82 Å². The summed E-state index contributed by atoms with van der Waals surface area (Å²) in [5.41, 5.74) is 2.67. The molecular weight excluding hydrogens is 394 g/mol. The van der Waals surface area contributed by atoms with Crippen LogP contribution in [0.25, 0.3) is 0 Å². The Labute approximate surface area is 181 Å². The van der Waals surface area contributed by atoms with E-state index in [2.05, 4.69) is 16.0 Å². The summed E-state index contributed by atoms with van der Waals surface area (Å²) < 4.78 is 5.47. The van der Waals surface area contributed by atoms with Gasteiger partial charge in [0.2, 0.25) is 5.88 Å². The first kappa shape index (κ1) is 20.8. The van der Waals surface area contributed by atoms with E-state index >= 15 is 0 Å². The van der Waals surface area contributed by atoms with Crippen LogP contribution in [-0.2, 0) is 0 Å². The number of pyridine rings is 2. The van der Waals surface area contributed by atoms with Crippen molar-refractivity contribution in [2.75, 3.05) is 11.6 Å². The van der Waals surface area contributed by atoms with Crippen LogP contribution in [-0.4, -0.2) is 39.4 Å². The van der Waals surface area contributed by atoms with Gasteiger partial charge >= 0.3 is 5.97 Å². The third-order valence-corrected chi connectivity index (χ3v) is 5.98. The fraction of sp³-hybridized carbons (Fsp3) is 0.435. The minimum atomic E-state index is -1.07. The van der Waals surface area contributed by atoms with Crippen LogP contribution in [0.3, 0.4) is 0 Å². The standard InChI is InChI=1S/C23H25N5O3/c1-3-31-22-17(23(29)30)9-10-18(26-22)19-12-20(15-6-4-5-7-15)28(27-19)21-11-8-16(13-24)14(2)25-21/h8-11,15,20H,3-7,12H2,1-2H3,(H,29,30). The van der Waals surface area contributed by atoms with Gasteiger partial charge in [-0.25, -0.2) is 19.8 Å². The zero-order valence-corrected chi connectivity index (χ0v) is 17.7. The zero-order valence-electron chi connectivity index (χ0n) is 17.7. The van der Waals surface area contributed by atoms with Crippen LogP contribution in [0.2, 0.25) is 0 Å². The molecule has 2 aromatic rings. The van der Waals surface area contributed by atoms with E-state index in [9.17, 15) is 15.2 Å². The summed E-state index contributed by atoms with van der Waals surface area (Å²) in [6.45, 7) is 3.95. The van der Waals surface area contributed by atoms with Gasteiger partial charge < -0.3 is 9.84 Å². The molecule has 0 amide bonds. The zero-order chi connectivity index (χ0) is 22.0. The Hall–Kier alpha value is -3.47. The van der Waals surface area contributed by atoms with Gasteiger partial charge in [-0.15, -0.1) is 0 Å². The van der Waals surface area contributed by atoms with Crippen LogP contribution in [0, 0.1) is 24.2 Å². The van der Waals surface area contributed by atoms with Gasteiger partial charge in [-0.05, 0) is 56.9 Å². The fourth-order valence-corrected chi connectivity index (χ4v) is 4.42. The molecule has 0 bridgehead atoms. The number of carboxylic acids is 1. The van der Waals surface area contributed by atoms with E-state index in [-0.39, 0.29) is 17.5 Å². The highest BCUT2D eigenvalue weighted by molar-refractivity contribution is 6.02. The van der Waals surface area contributed by atoms with Crippen LogP contribution in [0.1, 0.15) is 66.3 Å². The van der Waals surface area contributed by atoms with Gasteiger partial charge in [-0.2, -0.15) is 10.4 Å². The normalized spacial score (nSPS) is 18.7. The molecule has 1 saturated carbocycles. The lowest BCUT2D eigenvalue weighted by molar-refractivity contribution is 0.0691. The van der Waals surface area contributed by atoms with Crippen molar-refractivity contribution in [3.63, 3.8) is 0 Å². The minimum Gasteiger partial charge on any atom is -0.477 e. The van der Waals surface area contributed by atoms with Gasteiger partial charge in [0.15, 0.2) is 0 Å². The van der Waals surface area contributed by atoms with Crippen molar-refractivity contribution < 1.29 is 14.6 Å². The Morgan fingerprint density at radius 3 is 2.68 bits per heavy atom. The molecule has 0 saturated heterocycles. The molecule has 1 N–H and O–H groups in total. The lowest BCUT2D eigenvalue weighted by Crippen LogP contribution is -2.33. The number of hydrogen-bond acceptors (Lipinski definition) is 7. The Bertz CT molecular complexity index is 1070. The number of carbonyl (C=O) groups is 1. The van der Waals surface area contributed by atoms with Crippen LogP contribution in [0.5, 0.6) is 5.88 Å². The summed E-state index contributed by atoms with van der Waals surface area (Å²) in [6.07, 6.45) is 5.43. The SMILES string of the molecule is CCOc1nc(C2=NN(c3ccc(C#N)c(C)n3)C(C3CCCC3)C2)ccc1C(=O)O. The summed E-state index contributed by atoms with van der Waals surface area (Å²) in [6, 6.07) is 9.16. The predicted octanol–water partition coefficient (Wildman–Crippen LogP) is 3.93. The Morgan fingerprint density at radius 1 is 1.26 bits per heavy atom. The van der Waals surface area contributed by atoms with Crippen molar-refractivity contribution in [1.29, 1.82) is 5.26 Å². The van der Waals surface area contributed by atoms with E-state index in [1.54, 1.807) is 19.1 Å². The van der Waals surface area contributed by atoms with Crippen molar-refractivity contribution in [3.8, 4) is 11.9 Å². The van der Waals surface area contributed by atoms with Crippen molar-refractivity contribution >= 4 is 17.5 Å². The highest BCUT2D eigenvalue weighted by Gasteiger charge is 2.37. The lowest BCUT2D eigenvalue weighted by atomic mass is 9.93. The average Bonchev–Trinajstić information content (AvgIpc) is 3.43. The second-order valence-electron chi connectivity index (χ2n) is 7.91. The topological polar surface area (TPSA) is 112 Å². The molecule has 3 heterocycles. The second-order valence-corrected chi connectivity index (χ2v) is 7.91. The number of aryl methyl sites for hydroxylation is 1. The van der Waals surface area contributed by atoms with Gasteiger partial charge in [-0.3, -0.25) is 0 Å². The number of anilines is 1. The number of carboxylic acid groups (broad SMARTS) is 1. The summed E-state index contributed by atoms with van der Waals surface area (Å²) in [4.78, 5) is 20.6. The molecule has 1 unspecified atom stereocenters.